The van der Waals surface area contributed by atoms with Crippen LogP contribution < -0.4 is 10.6 Å². The predicted molar refractivity (Wildman–Crippen MR) is 82.2 cm³/mol. The summed E-state index contributed by atoms with van der Waals surface area (Å²) in [5.74, 6) is 1.71. The van der Waals surface area contributed by atoms with Gasteiger partial charge in [0.15, 0.2) is 5.16 Å². The van der Waals surface area contributed by atoms with Gasteiger partial charge in [-0.15, -0.1) is 0 Å². The lowest BCUT2D eigenvalue weighted by Gasteiger charge is -2.14. The number of rotatable bonds is 9. The van der Waals surface area contributed by atoms with Gasteiger partial charge in [-0.05, 0) is 26.5 Å². The SMILES string of the molecule is CCCNc1cc(NCC(C)OCC)nc(SC)n1. The maximum Gasteiger partial charge on any atom is 0.191 e. The average Bonchev–Trinajstić information content (AvgIpc) is 2.43. The Morgan fingerprint density at radius 1 is 1.26 bits per heavy atom. The van der Waals surface area contributed by atoms with Gasteiger partial charge in [-0.3, -0.25) is 0 Å². The number of thioether (sulfide) groups is 1. The second-order valence-electron chi connectivity index (χ2n) is 4.20. The normalized spacial score (nSPS) is 12.2. The summed E-state index contributed by atoms with van der Waals surface area (Å²) >= 11 is 1.54. The molecule has 6 heteroatoms. The van der Waals surface area contributed by atoms with Gasteiger partial charge in [0, 0.05) is 25.8 Å². The summed E-state index contributed by atoms with van der Waals surface area (Å²) in [4.78, 5) is 8.86. The van der Waals surface area contributed by atoms with Crippen LogP contribution in [-0.4, -0.2) is 42.0 Å². The minimum absolute atomic E-state index is 0.171. The van der Waals surface area contributed by atoms with E-state index in [1.54, 1.807) is 11.8 Å². The van der Waals surface area contributed by atoms with Crippen LogP contribution in [0.15, 0.2) is 11.2 Å². The number of nitrogens with zero attached hydrogens (tertiary/aromatic N) is 2. The Morgan fingerprint density at radius 2 is 1.95 bits per heavy atom. The third-order valence-corrected chi connectivity index (χ3v) is 3.01. The van der Waals surface area contributed by atoms with Gasteiger partial charge in [0.2, 0.25) is 0 Å². The Balaban J connectivity index is 2.65. The molecule has 108 valence electrons. The standard InChI is InChI=1S/C13H24N4OS/c1-5-7-14-11-8-12(17-13(16-11)19-4)15-9-10(3)18-6-2/h8,10H,5-7,9H2,1-4H3,(H2,14,15,16,17). The van der Waals surface area contributed by atoms with Crippen LogP contribution in [0, 0.1) is 0 Å². The van der Waals surface area contributed by atoms with Crippen LogP contribution in [0.5, 0.6) is 0 Å². The molecule has 1 unspecified atom stereocenters. The van der Waals surface area contributed by atoms with Crippen LogP contribution in [0.25, 0.3) is 0 Å². The van der Waals surface area contributed by atoms with Crippen molar-refractivity contribution < 1.29 is 4.74 Å². The molecule has 0 radical (unpaired) electrons. The molecule has 1 aromatic heterocycles. The Hall–Kier alpha value is -1.01. The van der Waals surface area contributed by atoms with Gasteiger partial charge in [0.1, 0.15) is 11.6 Å². The zero-order chi connectivity index (χ0) is 14.1. The summed E-state index contributed by atoms with van der Waals surface area (Å²) in [5, 5.41) is 7.35. The van der Waals surface area contributed by atoms with Crippen molar-refractivity contribution in [3.63, 3.8) is 0 Å². The molecule has 0 aliphatic heterocycles. The smallest absolute Gasteiger partial charge is 0.191 e. The Morgan fingerprint density at radius 3 is 2.53 bits per heavy atom. The first-order valence-corrected chi connectivity index (χ1v) is 7.94. The monoisotopic (exact) mass is 284 g/mol. The number of ether oxygens (including phenoxy) is 1. The molecule has 1 rings (SSSR count). The van der Waals surface area contributed by atoms with Crippen LogP contribution in [-0.2, 0) is 4.74 Å². The van der Waals surface area contributed by atoms with Crippen molar-refractivity contribution in [1.29, 1.82) is 0 Å². The lowest BCUT2D eigenvalue weighted by Crippen LogP contribution is -2.20. The van der Waals surface area contributed by atoms with E-state index in [4.69, 9.17) is 4.74 Å². The molecule has 0 bridgehead atoms. The molecular formula is C13H24N4OS. The van der Waals surface area contributed by atoms with E-state index in [-0.39, 0.29) is 6.10 Å². The third-order valence-electron chi connectivity index (χ3n) is 2.47. The van der Waals surface area contributed by atoms with Gasteiger partial charge >= 0.3 is 0 Å². The molecule has 19 heavy (non-hydrogen) atoms. The minimum Gasteiger partial charge on any atom is -0.377 e. The molecule has 0 spiro atoms. The van der Waals surface area contributed by atoms with Gasteiger partial charge in [-0.1, -0.05) is 18.7 Å². The average molecular weight is 284 g/mol. The predicted octanol–water partition coefficient (Wildman–Crippen LogP) is 2.86. The molecule has 0 saturated heterocycles. The summed E-state index contributed by atoms with van der Waals surface area (Å²) in [7, 11) is 0. The molecule has 1 atom stereocenters. The van der Waals surface area contributed by atoms with Crippen LogP contribution in [0.3, 0.4) is 0 Å². The van der Waals surface area contributed by atoms with E-state index in [0.717, 1.165) is 42.9 Å². The van der Waals surface area contributed by atoms with E-state index < -0.39 is 0 Å². The van der Waals surface area contributed by atoms with Crippen molar-refractivity contribution >= 4 is 23.4 Å². The maximum atomic E-state index is 5.49. The number of hydrogen-bond donors (Lipinski definition) is 2. The van der Waals surface area contributed by atoms with E-state index in [0.29, 0.717) is 0 Å². The van der Waals surface area contributed by atoms with E-state index in [1.807, 2.05) is 26.2 Å². The van der Waals surface area contributed by atoms with Crippen LogP contribution in [0.1, 0.15) is 27.2 Å². The van der Waals surface area contributed by atoms with Crippen molar-refractivity contribution in [1.82, 2.24) is 9.97 Å². The fraction of sp³-hybridized carbons (Fsp3) is 0.692. The molecule has 0 aliphatic rings. The van der Waals surface area contributed by atoms with Crippen LogP contribution in [0.4, 0.5) is 11.6 Å². The summed E-state index contributed by atoms with van der Waals surface area (Å²) in [6, 6.07) is 1.94. The quantitative estimate of drug-likeness (QED) is 0.537. The van der Waals surface area contributed by atoms with Gasteiger partial charge in [-0.25, -0.2) is 9.97 Å². The molecule has 1 heterocycles. The van der Waals surface area contributed by atoms with E-state index in [9.17, 15) is 0 Å². The zero-order valence-electron chi connectivity index (χ0n) is 12.2. The highest BCUT2D eigenvalue weighted by Gasteiger charge is 2.05. The van der Waals surface area contributed by atoms with Crippen LogP contribution >= 0.6 is 11.8 Å². The molecule has 2 N–H and O–H groups in total. The molecule has 5 nitrogen and oxygen atoms in total. The first kappa shape index (κ1) is 16.0. The van der Waals surface area contributed by atoms with E-state index in [1.165, 1.54) is 0 Å². The number of nitrogens with one attached hydrogen (secondary N) is 2. The molecule has 0 saturated carbocycles. The molecule has 0 aliphatic carbocycles. The maximum absolute atomic E-state index is 5.49. The van der Waals surface area contributed by atoms with Crippen molar-refractivity contribution in [3.8, 4) is 0 Å². The van der Waals surface area contributed by atoms with Crippen molar-refractivity contribution in [2.75, 3.05) is 36.6 Å². The molecule has 0 aromatic carbocycles. The van der Waals surface area contributed by atoms with Crippen molar-refractivity contribution in [3.05, 3.63) is 6.07 Å². The van der Waals surface area contributed by atoms with Gasteiger partial charge in [-0.2, -0.15) is 0 Å². The summed E-state index contributed by atoms with van der Waals surface area (Å²) < 4.78 is 5.49. The highest BCUT2D eigenvalue weighted by molar-refractivity contribution is 7.98. The van der Waals surface area contributed by atoms with Gasteiger partial charge in [0.05, 0.1) is 6.10 Å². The van der Waals surface area contributed by atoms with E-state index >= 15 is 0 Å². The van der Waals surface area contributed by atoms with Crippen molar-refractivity contribution in [2.24, 2.45) is 0 Å². The number of aromatic nitrogens is 2. The zero-order valence-corrected chi connectivity index (χ0v) is 13.0. The lowest BCUT2D eigenvalue weighted by atomic mass is 10.4. The summed E-state index contributed by atoms with van der Waals surface area (Å²) in [5.41, 5.74) is 0. The molecular weight excluding hydrogens is 260 g/mol. The highest BCUT2D eigenvalue weighted by Crippen LogP contribution is 2.17. The number of anilines is 2. The van der Waals surface area contributed by atoms with Gasteiger partial charge < -0.3 is 15.4 Å². The second kappa shape index (κ2) is 8.98. The van der Waals surface area contributed by atoms with Crippen LogP contribution in [0.2, 0.25) is 0 Å². The van der Waals surface area contributed by atoms with E-state index in [2.05, 4.69) is 27.5 Å². The van der Waals surface area contributed by atoms with Gasteiger partial charge in [0.25, 0.3) is 0 Å². The Labute approximate surface area is 119 Å². The highest BCUT2D eigenvalue weighted by atomic mass is 32.2. The minimum atomic E-state index is 0.171. The Kier molecular flexibility index (Phi) is 7.59. The number of hydrogen-bond acceptors (Lipinski definition) is 6. The first-order chi connectivity index (χ1) is 9.19. The topological polar surface area (TPSA) is 59.1 Å². The molecule has 0 fully saturated rings. The summed E-state index contributed by atoms with van der Waals surface area (Å²) in [6.45, 7) is 8.56. The molecule has 1 aromatic rings. The first-order valence-electron chi connectivity index (χ1n) is 6.72. The second-order valence-corrected chi connectivity index (χ2v) is 4.97. The summed E-state index contributed by atoms with van der Waals surface area (Å²) in [6.07, 6.45) is 3.22. The van der Waals surface area contributed by atoms with Crippen molar-refractivity contribution in [2.45, 2.75) is 38.5 Å². The largest absolute Gasteiger partial charge is 0.377 e. The lowest BCUT2D eigenvalue weighted by molar-refractivity contribution is 0.0855. The fourth-order valence-electron chi connectivity index (χ4n) is 1.54. The molecule has 0 amide bonds. The fourth-order valence-corrected chi connectivity index (χ4v) is 1.92. The third kappa shape index (κ3) is 6.11. The Bertz CT molecular complexity index is 376.